The summed E-state index contributed by atoms with van der Waals surface area (Å²) in [6.07, 6.45) is 1.36. The number of nitrogens with one attached hydrogen (secondary N) is 2. The van der Waals surface area contributed by atoms with Crippen molar-refractivity contribution in [3.8, 4) is 5.75 Å². The largest absolute Gasteiger partial charge is 0.483 e. The van der Waals surface area contributed by atoms with Crippen LogP contribution in [0.25, 0.3) is 10.9 Å². The van der Waals surface area contributed by atoms with Crippen molar-refractivity contribution in [1.82, 2.24) is 9.66 Å². The van der Waals surface area contributed by atoms with Crippen LogP contribution in [-0.2, 0) is 4.79 Å². The number of nitrogens with zero attached hydrogens (tertiary/aromatic N) is 2. The van der Waals surface area contributed by atoms with E-state index in [-0.39, 0.29) is 6.61 Å². The Hall–Kier alpha value is -4.05. The maximum Gasteiger partial charge on any atom is 0.349 e. The van der Waals surface area contributed by atoms with E-state index in [2.05, 4.69) is 31.3 Å². The molecule has 4 rings (SSSR count). The number of anilines is 1. The van der Waals surface area contributed by atoms with E-state index in [1.54, 1.807) is 48.5 Å². The third-order valence-electron chi connectivity index (χ3n) is 4.53. The van der Waals surface area contributed by atoms with Gasteiger partial charge in [0.25, 0.3) is 11.5 Å². The summed E-state index contributed by atoms with van der Waals surface area (Å²) in [5.74, 6) is -0.517. The van der Waals surface area contributed by atoms with Crippen LogP contribution >= 0.6 is 15.9 Å². The van der Waals surface area contributed by atoms with Crippen molar-refractivity contribution in [2.45, 2.75) is 0 Å². The van der Waals surface area contributed by atoms with Gasteiger partial charge in [-0.1, -0.05) is 18.2 Å². The topological polar surface area (TPSA) is 106 Å². The number of para-hydroxylation sites is 1. The van der Waals surface area contributed by atoms with Gasteiger partial charge in [-0.25, -0.2) is 9.18 Å². The zero-order valence-corrected chi connectivity index (χ0v) is 18.5. The second-order valence-electron chi connectivity index (χ2n) is 6.87. The van der Waals surface area contributed by atoms with Crippen LogP contribution in [0.15, 0.2) is 85.9 Å². The fourth-order valence-corrected chi connectivity index (χ4v) is 3.51. The number of aromatic amines is 1. The summed E-state index contributed by atoms with van der Waals surface area (Å²) in [5.41, 5.74) is 0.155. The van der Waals surface area contributed by atoms with E-state index in [0.29, 0.717) is 32.4 Å². The summed E-state index contributed by atoms with van der Waals surface area (Å²) in [5, 5.41) is 6.89. The molecule has 0 aliphatic carbocycles. The molecule has 0 aliphatic rings. The fourth-order valence-electron chi connectivity index (χ4n) is 3.00. The van der Waals surface area contributed by atoms with Crippen molar-refractivity contribution in [2.75, 3.05) is 11.9 Å². The van der Waals surface area contributed by atoms with Crippen molar-refractivity contribution >= 4 is 44.6 Å². The number of halogens is 2. The molecule has 33 heavy (non-hydrogen) atoms. The van der Waals surface area contributed by atoms with Gasteiger partial charge in [0.15, 0.2) is 6.61 Å². The van der Waals surface area contributed by atoms with Crippen LogP contribution in [0.5, 0.6) is 5.75 Å². The molecule has 0 bridgehead atoms. The zero-order chi connectivity index (χ0) is 23.4. The molecule has 1 heterocycles. The van der Waals surface area contributed by atoms with Crippen LogP contribution in [0, 0.1) is 5.82 Å². The summed E-state index contributed by atoms with van der Waals surface area (Å²) in [4.78, 5) is 39.4. The first kappa shape index (κ1) is 22.2. The highest BCUT2D eigenvalue weighted by molar-refractivity contribution is 9.10. The average molecular weight is 511 g/mol. The standard InChI is InChI=1S/C23H16BrFN4O4/c24-18-10-14(12-26-29-22(31)17-6-1-2-7-19(17)28-23(29)32)8-9-20(18)33-13-21(30)27-16-5-3-4-15(25)11-16/h1-12H,13H2,(H,27,30)(H,28,32). The molecular weight excluding hydrogens is 495 g/mol. The highest BCUT2D eigenvalue weighted by atomic mass is 79.9. The maximum absolute atomic E-state index is 13.2. The van der Waals surface area contributed by atoms with E-state index in [1.807, 2.05) is 0 Å². The molecule has 0 aliphatic heterocycles. The molecule has 0 saturated heterocycles. The number of aromatic nitrogens is 2. The Bertz CT molecular complexity index is 1500. The molecular formula is C23H16BrFN4O4. The maximum atomic E-state index is 13.2. The van der Waals surface area contributed by atoms with Crippen molar-refractivity contribution in [2.24, 2.45) is 5.10 Å². The van der Waals surface area contributed by atoms with Crippen LogP contribution in [0.3, 0.4) is 0 Å². The van der Waals surface area contributed by atoms with E-state index in [0.717, 1.165) is 4.68 Å². The Labute approximate surface area is 194 Å². The quantitative estimate of drug-likeness (QED) is 0.387. The number of hydrogen-bond acceptors (Lipinski definition) is 5. The highest BCUT2D eigenvalue weighted by Gasteiger charge is 2.08. The van der Waals surface area contributed by atoms with Gasteiger partial charge >= 0.3 is 5.69 Å². The van der Waals surface area contributed by atoms with Gasteiger partial charge in [0.05, 0.1) is 21.6 Å². The van der Waals surface area contributed by atoms with Crippen molar-refractivity contribution < 1.29 is 13.9 Å². The normalized spacial score (nSPS) is 11.1. The van der Waals surface area contributed by atoms with Crippen molar-refractivity contribution in [1.29, 1.82) is 0 Å². The molecule has 4 aromatic rings. The van der Waals surface area contributed by atoms with Crippen molar-refractivity contribution in [3.63, 3.8) is 0 Å². The Morgan fingerprint density at radius 1 is 1.12 bits per heavy atom. The Balaban J connectivity index is 1.45. The van der Waals surface area contributed by atoms with Gasteiger partial charge in [-0.2, -0.15) is 5.10 Å². The average Bonchev–Trinajstić information content (AvgIpc) is 2.78. The van der Waals surface area contributed by atoms with E-state index in [9.17, 15) is 18.8 Å². The second-order valence-corrected chi connectivity index (χ2v) is 7.73. The molecule has 1 amide bonds. The predicted octanol–water partition coefficient (Wildman–Crippen LogP) is 3.49. The van der Waals surface area contributed by atoms with Gasteiger partial charge < -0.3 is 15.0 Å². The molecule has 2 N–H and O–H groups in total. The second kappa shape index (κ2) is 9.61. The fraction of sp³-hybridized carbons (Fsp3) is 0.0435. The lowest BCUT2D eigenvalue weighted by Gasteiger charge is -2.09. The number of carbonyl (C=O) groups is 1. The number of ether oxygens (including phenoxy) is 1. The Morgan fingerprint density at radius 3 is 2.73 bits per heavy atom. The molecule has 166 valence electrons. The first-order chi connectivity index (χ1) is 15.9. The Kier molecular flexibility index (Phi) is 6.45. The number of fused-ring (bicyclic) bond motifs is 1. The summed E-state index contributed by atoms with van der Waals surface area (Å²) < 4.78 is 20.0. The van der Waals surface area contributed by atoms with Crippen molar-refractivity contribution in [3.05, 3.63) is 103 Å². The minimum absolute atomic E-state index is 0.287. The number of amides is 1. The molecule has 8 nitrogen and oxygen atoms in total. The Morgan fingerprint density at radius 2 is 1.94 bits per heavy atom. The predicted molar refractivity (Wildman–Crippen MR) is 126 cm³/mol. The van der Waals surface area contributed by atoms with E-state index in [4.69, 9.17) is 4.74 Å². The minimum Gasteiger partial charge on any atom is -0.483 e. The van der Waals surface area contributed by atoms with Crippen LogP contribution < -0.4 is 21.3 Å². The summed E-state index contributed by atoms with van der Waals surface area (Å²) >= 11 is 3.36. The molecule has 0 unspecified atom stereocenters. The van der Waals surface area contributed by atoms with E-state index >= 15 is 0 Å². The number of H-pyrrole nitrogens is 1. The van der Waals surface area contributed by atoms with Gasteiger partial charge in [-0.15, -0.1) is 4.68 Å². The molecule has 0 saturated carbocycles. The van der Waals surface area contributed by atoms with Gasteiger partial charge in [-0.3, -0.25) is 9.59 Å². The minimum atomic E-state index is -0.654. The molecule has 1 aromatic heterocycles. The third-order valence-corrected chi connectivity index (χ3v) is 5.15. The molecule has 0 atom stereocenters. The van der Waals surface area contributed by atoms with Gasteiger partial charge in [0, 0.05) is 5.69 Å². The summed E-state index contributed by atoms with van der Waals surface area (Å²) in [6.45, 7) is -0.287. The molecule has 3 aromatic carbocycles. The zero-order valence-electron chi connectivity index (χ0n) is 16.9. The first-order valence-electron chi connectivity index (χ1n) is 9.67. The third kappa shape index (κ3) is 5.24. The van der Waals surface area contributed by atoms with Crippen LogP contribution in [0.2, 0.25) is 0 Å². The number of benzene rings is 3. The highest BCUT2D eigenvalue weighted by Crippen LogP contribution is 2.25. The lowest BCUT2D eigenvalue weighted by molar-refractivity contribution is -0.118. The lowest BCUT2D eigenvalue weighted by atomic mass is 10.2. The lowest BCUT2D eigenvalue weighted by Crippen LogP contribution is -2.32. The monoisotopic (exact) mass is 510 g/mol. The molecule has 0 radical (unpaired) electrons. The van der Waals surface area contributed by atoms with Gasteiger partial charge in [-0.05, 0) is 70.0 Å². The van der Waals surface area contributed by atoms with E-state index < -0.39 is 23.0 Å². The molecule has 10 heteroatoms. The molecule has 0 fully saturated rings. The molecule has 0 spiro atoms. The first-order valence-corrected chi connectivity index (χ1v) is 10.5. The SMILES string of the molecule is O=C(COc1ccc(C=Nn2c(=O)[nH]c3ccccc3c2=O)cc1Br)Nc1cccc(F)c1. The smallest absolute Gasteiger partial charge is 0.349 e. The number of hydrogen-bond donors (Lipinski definition) is 2. The van der Waals surface area contributed by atoms with E-state index in [1.165, 1.54) is 24.4 Å². The number of rotatable bonds is 6. The number of carbonyl (C=O) groups excluding carboxylic acids is 1. The van der Waals surface area contributed by atoms with Gasteiger partial charge in [0.1, 0.15) is 11.6 Å². The van der Waals surface area contributed by atoms with Crippen LogP contribution in [0.4, 0.5) is 10.1 Å². The van der Waals surface area contributed by atoms with Gasteiger partial charge in [0.2, 0.25) is 0 Å². The van der Waals surface area contributed by atoms with Crippen LogP contribution in [-0.4, -0.2) is 28.4 Å². The van der Waals surface area contributed by atoms with Crippen LogP contribution in [0.1, 0.15) is 5.56 Å². The summed E-state index contributed by atoms with van der Waals surface area (Å²) in [6, 6.07) is 17.1. The summed E-state index contributed by atoms with van der Waals surface area (Å²) in [7, 11) is 0.